The number of aromatic nitrogens is 5. The van der Waals surface area contributed by atoms with E-state index in [0.717, 1.165) is 0 Å². The lowest BCUT2D eigenvalue weighted by Gasteiger charge is -2.08. The van der Waals surface area contributed by atoms with Crippen LogP contribution in [0.5, 0.6) is 5.88 Å². The van der Waals surface area contributed by atoms with Gasteiger partial charge in [0.05, 0.1) is 17.2 Å². The number of halogens is 4. The zero-order valence-corrected chi connectivity index (χ0v) is 18.6. The average molecular weight is 505 g/mol. The van der Waals surface area contributed by atoms with Gasteiger partial charge in [-0.15, -0.1) is 5.10 Å². The molecule has 1 N–H and O–H groups in total. The molecule has 10 nitrogen and oxygen atoms in total. The first-order valence-corrected chi connectivity index (χ1v) is 11.2. The number of hydrogen-bond donors (Lipinski definition) is 1. The summed E-state index contributed by atoms with van der Waals surface area (Å²) in [6.45, 7) is 1.48. The molecule has 1 aliphatic carbocycles. The molecule has 1 amide bonds. The van der Waals surface area contributed by atoms with E-state index >= 15 is 0 Å². The molecule has 0 radical (unpaired) electrons. The van der Waals surface area contributed by atoms with Crippen LogP contribution in [0.2, 0.25) is 5.15 Å². The maximum absolute atomic E-state index is 12.6. The Morgan fingerprint density at radius 3 is 2.58 bits per heavy atom. The van der Waals surface area contributed by atoms with Gasteiger partial charge in [-0.3, -0.25) is 9.48 Å². The van der Waals surface area contributed by atoms with Gasteiger partial charge in [-0.05, 0) is 25.5 Å². The lowest BCUT2D eigenvalue weighted by atomic mass is 10.3. The monoisotopic (exact) mass is 504 g/mol. The van der Waals surface area contributed by atoms with Gasteiger partial charge < -0.3 is 4.74 Å². The van der Waals surface area contributed by atoms with Crippen LogP contribution in [-0.2, 0) is 17.1 Å². The van der Waals surface area contributed by atoms with Gasteiger partial charge in [0.25, 0.3) is 15.9 Å². The Morgan fingerprint density at radius 2 is 2.00 bits per heavy atom. The van der Waals surface area contributed by atoms with Crippen LogP contribution in [0, 0.1) is 12.8 Å². The van der Waals surface area contributed by atoms with Crippen LogP contribution < -0.4 is 9.46 Å². The SMILES string of the molecule is Cc1nn(C)cc1S(=O)(=O)NC(=O)c1ccc(-n2ccc(O[C@@H]3C[C@H]3C(F)(F)F)n2)nc1Cl. The fourth-order valence-electron chi connectivity index (χ4n) is 3.09. The normalized spacial score (nSPS) is 18.2. The van der Waals surface area contributed by atoms with Crippen LogP contribution >= 0.6 is 11.6 Å². The minimum absolute atomic E-state index is 0.0237. The molecule has 2 atom stereocenters. The molecular weight excluding hydrogens is 489 g/mol. The van der Waals surface area contributed by atoms with Crippen molar-refractivity contribution in [3.8, 4) is 11.7 Å². The molecule has 3 heterocycles. The number of nitrogens with one attached hydrogen (secondary N) is 1. The lowest BCUT2D eigenvalue weighted by molar-refractivity contribution is -0.153. The van der Waals surface area contributed by atoms with Crippen LogP contribution in [0.3, 0.4) is 0 Å². The zero-order valence-electron chi connectivity index (χ0n) is 17.0. The summed E-state index contributed by atoms with van der Waals surface area (Å²) in [5.41, 5.74) is 0.00184. The van der Waals surface area contributed by atoms with Crippen molar-refractivity contribution in [1.29, 1.82) is 0 Å². The molecule has 33 heavy (non-hydrogen) atoms. The van der Waals surface area contributed by atoms with Gasteiger partial charge in [-0.1, -0.05) is 11.6 Å². The highest BCUT2D eigenvalue weighted by Gasteiger charge is 2.58. The van der Waals surface area contributed by atoms with Crippen molar-refractivity contribution in [3.63, 3.8) is 0 Å². The molecule has 1 fully saturated rings. The van der Waals surface area contributed by atoms with Crippen molar-refractivity contribution in [3.05, 3.63) is 47.0 Å². The number of ether oxygens (including phenoxy) is 1. The topological polar surface area (TPSA) is 121 Å². The Kier molecular flexibility index (Phi) is 5.60. The minimum atomic E-state index is -4.32. The smallest absolute Gasteiger partial charge is 0.395 e. The number of carbonyl (C=O) groups excluding carboxylic acids is 1. The van der Waals surface area contributed by atoms with Crippen molar-refractivity contribution in [2.45, 2.75) is 30.5 Å². The van der Waals surface area contributed by atoms with Crippen molar-refractivity contribution in [2.75, 3.05) is 0 Å². The quantitative estimate of drug-likeness (QED) is 0.512. The molecule has 0 unspecified atom stereocenters. The third kappa shape index (κ3) is 4.80. The molecule has 0 saturated heterocycles. The summed E-state index contributed by atoms with van der Waals surface area (Å²) < 4.78 is 72.5. The fourth-order valence-corrected chi connectivity index (χ4v) is 4.51. The van der Waals surface area contributed by atoms with Gasteiger partial charge in [-0.25, -0.2) is 22.8 Å². The van der Waals surface area contributed by atoms with Crippen LogP contribution in [0.4, 0.5) is 13.2 Å². The Labute approximate surface area is 190 Å². The highest BCUT2D eigenvalue weighted by Crippen LogP contribution is 2.46. The maximum Gasteiger partial charge on any atom is 0.395 e. The van der Waals surface area contributed by atoms with E-state index in [1.54, 1.807) is 7.05 Å². The van der Waals surface area contributed by atoms with E-state index in [1.807, 2.05) is 4.72 Å². The first-order valence-electron chi connectivity index (χ1n) is 9.38. The predicted octanol–water partition coefficient (Wildman–Crippen LogP) is 2.41. The molecule has 0 spiro atoms. The van der Waals surface area contributed by atoms with E-state index in [2.05, 4.69) is 15.2 Å². The summed E-state index contributed by atoms with van der Waals surface area (Å²) in [6.07, 6.45) is -2.78. The molecule has 176 valence electrons. The molecule has 0 aliphatic heterocycles. The second kappa shape index (κ2) is 8.02. The number of hydrogen-bond acceptors (Lipinski definition) is 7. The van der Waals surface area contributed by atoms with Crippen molar-refractivity contribution >= 4 is 27.5 Å². The number of carbonyl (C=O) groups is 1. The van der Waals surface area contributed by atoms with Gasteiger partial charge in [-0.2, -0.15) is 18.3 Å². The first-order chi connectivity index (χ1) is 15.3. The van der Waals surface area contributed by atoms with Crippen molar-refractivity contribution < 1.29 is 31.1 Å². The molecule has 1 aliphatic rings. The molecule has 3 aromatic heterocycles. The third-order valence-electron chi connectivity index (χ3n) is 4.79. The lowest BCUT2D eigenvalue weighted by Crippen LogP contribution is -2.31. The Hall–Kier alpha value is -3.13. The van der Waals surface area contributed by atoms with E-state index in [1.165, 1.54) is 46.9 Å². The second-order valence-corrected chi connectivity index (χ2v) is 9.34. The van der Waals surface area contributed by atoms with E-state index in [-0.39, 0.29) is 39.4 Å². The van der Waals surface area contributed by atoms with Crippen molar-refractivity contribution in [1.82, 2.24) is 29.3 Å². The van der Waals surface area contributed by atoms with Crippen LogP contribution in [0.15, 0.2) is 35.5 Å². The van der Waals surface area contributed by atoms with E-state index in [4.69, 9.17) is 16.3 Å². The largest absolute Gasteiger partial charge is 0.473 e. The Morgan fingerprint density at radius 1 is 1.27 bits per heavy atom. The zero-order chi connectivity index (χ0) is 24.1. The number of pyridine rings is 1. The summed E-state index contributed by atoms with van der Waals surface area (Å²) in [7, 11) is -2.66. The van der Waals surface area contributed by atoms with Gasteiger partial charge in [0.2, 0.25) is 5.88 Å². The molecule has 4 rings (SSSR count). The van der Waals surface area contributed by atoms with Crippen LogP contribution in [-0.4, -0.2) is 51.2 Å². The van der Waals surface area contributed by atoms with Gasteiger partial charge in [0.1, 0.15) is 16.2 Å². The summed E-state index contributed by atoms with van der Waals surface area (Å²) in [5, 5.41) is 7.63. The molecule has 0 bridgehead atoms. The molecule has 0 aromatic carbocycles. The third-order valence-corrected chi connectivity index (χ3v) is 6.51. The Balaban J connectivity index is 1.47. The second-order valence-electron chi connectivity index (χ2n) is 7.33. The number of rotatable bonds is 6. The average Bonchev–Trinajstić information content (AvgIpc) is 3.17. The molecular formula is C18H16ClF3N6O4S. The van der Waals surface area contributed by atoms with Gasteiger partial charge in [0, 0.05) is 25.5 Å². The standard InChI is InChI=1S/C18H16ClF3N6O4S/c1-9-13(8-27(2)24-9)33(30,31)26-17(29)10-3-4-14(23-16(10)19)28-6-5-15(25-28)32-12-7-11(12)18(20,21)22/h3-6,8,11-12H,7H2,1-2H3,(H,26,29)/t11-,12-/m1/s1. The van der Waals surface area contributed by atoms with Crippen LogP contribution in [0.1, 0.15) is 22.5 Å². The van der Waals surface area contributed by atoms with E-state index < -0.39 is 34.1 Å². The highest BCUT2D eigenvalue weighted by molar-refractivity contribution is 7.90. The summed E-state index contributed by atoms with van der Waals surface area (Å²) in [5.74, 6) is -2.40. The van der Waals surface area contributed by atoms with Gasteiger partial charge >= 0.3 is 6.18 Å². The maximum atomic E-state index is 12.6. The number of alkyl halides is 3. The Bertz CT molecular complexity index is 1340. The number of amides is 1. The summed E-state index contributed by atoms with van der Waals surface area (Å²) in [4.78, 5) is 16.3. The van der Waals surface area contributed by atoms with Crippen molar-refractivity contribution in [2.24, 2.45) is 13.0 Å². The van der Waals surface area contributed by atoms with E-state index in [9.17, 15) is 26.4 Å². The molecule has 15 heteroatoms. The van der Waals surface area contributed by atoms with Gasteiger partial charge in [0.15, 0.2) is 5.82 Å². The fraction of sp³-hybridized carbons (Fsp3) is 0.333. The molecule has 1 saturated carbocycles. The minimum Gasteiger partial charge on any atom is -0.473 e. The number of sulfonamides is 1. The van der Waals surface area contributed by atoms with E-state index in [0.29, 0.717) is 0 Å². The van der Waals surface area contributed by atoms with Crippen LogP contribution in [0.25, 0.3) is 5.82 Å². The predicted molar refractivity (Wildman–Crippen MR) is 108 cm³/mol. The summed E-state index contributed by atoms with van der Waals surface area (Å²) >= 11 is 6.07. The highest BCUT2D eigenvalue weighted by atomic mass is 35.5. The first kappa shape index (κ1) is 23.0. The number of aryl methyl sites for hydroxylation is 2. The molecule has 3 aromatic rings. The number of nitrogens with zero attached hydrogens (tertiary/aromatic N) is 5. The summed E-state index contributed by atoms with van der Waals surface area (Å²) in [6, 6.07) is 3.95.